The fraction of sp³-hybridized carbons (Fsp3) is 0.0741. The van der Waals surface area contributed by atoms with Crippen LogP contribution < -0.4 is 10.2 Å². The molecule has 0 unspecified atom stereocenters. The first-order valence-corrected chi connectivity index (χ1v) is 13.6. The predicted octanol–water partition coefficient (Wildman–Crippen LogP) is 7.63. The molecule has 1 aliphatic rings. The zero-order valence-corrected chi connectivity index (χ0v) is 24.3. The highest BCUT2D eigenvalue weighted by molar-refractivity contribution is 9.10. The van der Waals surface area contributed by atoms with Crippen molar-refractivity contribution in [1.82, 2.24) is 15.1 Å². The molecule has 0 radical (unpaired) electrons. The molecule has 11 heteroatoms. The summed E-state index contributed by atoms with van der Waals surface area (Å²) in [5, 5.41) is 7.63. The molecule has 0 spiro atoms. The Morgan fingerprint density at radius 1 is 1.03 bits per heavy atom. The van der Waals surface area contributed by atoms with Crippen molar-refractivity contribution in [2.45, 2.75) is 13.5 Å². The molecule has 2 amide bonds. The van der Waals surface area contributed by atoms with Crippen molar-refractivity contribution >= 4 is 78.3 Å². The van der Waals surface area contributed by atoms with E-state index in [1.807, 2.05) is 36.4 Å². The minimum absolute atomic E-state index is 0.101. The van der Waals surface area contributed by atoms with E-state index in [2.05, 4.69) is 42.3 Å². The van der Waals surface area contributed by atoms with Gasteiger partial charge in [-0.2, -0.15) is 9.49 Å². The zero-order chi connectivity index (χ0) is 27.1. The number of fused-ring (bicyclic) bond motifs is 1. The molecule has 0 fully saturated rings. The Morgan fingerprint density at radius 2 is 1.76 bits per heavy atom. The van der Waals surface area contributed by atoms with E-state index in [1.165, 1.54) is 21.7 Å². The lowest BCUT2D eigenvalue weighted by atomic mass is 9.93. The third kappa shape index (κ3) is 4.91. The van der Waals surface area contributed by atoms with Gasteiger partial charge in [0.15, 0.2) is 0 Å². The van der Waals surface area contributed by atoms with Gasteiger partial charge in [0.05, 0.1) is 16.4 Å². The molecule has 4 aromatic rings. The van der Waals surface area contributed by atoms with Crippen LogP contribution in [0.4, 0.5) is 10.1 Å². The molecule has 6 nitrogen and oxygen atoms in total. The maximum absolute atomic E-state index is 15.7. The van der Waals surface area contributed by atoms with Crippen LogP contribution in [-0.4, -0.2) is 21.6 Å². The number of amides is 2. The SMILES string of the molecule is Cc1cc(Br)cc2c1N(C(=O)c1cc(Br)nn1-c1ccc(Cl)cc1Cl)/C2=C(\F)C(=O)NCc1ccccc1. The molecule has 5 rings (SSSR count). The first-order valence-electron chi connectivity index (χ1n) is 11.2. The summed E-state index contributed by atoms with van der Waals surface area (Å²) in [6.45, 7) is 1.94. The molecule has 3 aromatic carbocycles. The first kappa shape index (κ1) is 26.6. The summed E-state index contributed by atoms with van der Waals surface area (Å²) >= 11 is 19.2. The minimum atomic E-state index is -1.08. The second-order valence-corrected chi connectivity index (χ2v) is 11.0. The fourth-order valence-electron chi connectivity index (χ4n) is 4.23. The van der Waals surface area contributed by atoms with Crippen molar-refractivity contribution in [2.24, 2.45) is 0 Å². The highest BCUT2D eigenvalue weighted by Crippen LogP contribution is 2.49. The van der Waals surface area contributed by atoms with Crippen LogP contribution in [0.15, 0.2) is 81.6 Å². The number of benzene rings is 3. The lowest BCUT2D eigenvalue weighted by Gasteiger charge is -2.38. The zero-order valence-electron chi connectivity index (χ0n) is 19.6. The third-order valence-electron chi connectivity index (χ3n) is 5.91. The summed E-state index contributed by atoms with van der Waals surface area (Å²) in [5.74, 6) is -2.59. The number of aromatic nitrogens is 2. The number of hydrogen-bond acceptors (Lipinski definition) is 3. The van der Waals surface area contributed by atoms with E-state index in [9.17, 15) is 9.59 Å². The molecule has 0 bridgehead atoms. The van der Waals surface area contributed by atoms with Crippen molar-refractivity contribution in [3.05, 3.63) is 114 Å². The molecular weight excluding hydrogens is 662 g/mol. The van der Waals surface area contributed by atoms with E-state index in [0.29, 0.717) is 31.0 Å². The Bertz CT molecular complexity index is 1640. The summed E-state index contributed by atoms with van der Waals surface area (Å²) in [6, 6.07) is 18.9. The molecule has 0 atom stereocenters. The standard InChI is InChI=1S/C27H17Br2Cl2FN4O2/c1-14-9-16(28)10-18-24(14)35(25(18)23(32)26(37)33-13-15-5-3-2-4-6-15)27(38)21-12-22(29)34-36(21)20-8-7-17(30)11-19(20)31/h2-12H,13H2,1H3,(H,33,37)/b25-23-. The van der Waals surface area contributed by atoms with Gasteiger partial charge in [0, 0.05) is 27.7 Å². The number of rotatable bonds is 5. The van der Waals surface area contributed by atoms with Crippen LogP contribution in [0.5, 0.6) is 0 Å². The molecule has 192 valence electrons. The Labute approximate surface area is 244 Å². The monoisotopic (exact) mass is 676 g/mol. The van der Waals surface area contributed by atoms with Crippen LogP contribution in [0.1, 0.15) is 27.2 Å². The van der Waals surface area contributed by atoms with Crippen molar-refractivity contribution in [2.75, 3.05) is 4.90 Å². The van der Waals surface area contributed by atoms with E-state index in [0.717, 1.165) is 11.1 Å². The summed E-state index contributed by atoms with van der Waals surface area (Å²) in [5.41, 5.74) is 2.84. The lowest BCUT2D eigenvalue weighted by molar-refractivity contribution is -0.119. The van der Waals surface area contributed by atoms with Crippen LogP contribution >= 0.6 is 55.1 Å². The minimum Gasteiger partial charge on any atom is -0.346 e. The molecule has 1 aliphatic heterocycles. The predicted molar refractivity (Wildman–Crippen MR) is 153 cm³/mol. The average molecular weight is 679 g/mol. The molecule has 1 aromatic heterocycles. The number of carbonyl (C=O) groups is 2. The van der Waals surface area contributed by atoms with Gasteiger partial charge < -0.3 is 5.32 Å². The smallest absolute Gasteiger partial charge is 0.282 e. The average Bonchev–Trinajstić information content (AvgIpc) is 3.25. The van der Waals surface area contributed by atoms with E-state index in [4.69, 9.17) is 23.2 Å². The molecule has 0 saturated carbocycles. The number of anilines is 1. The summed E-state index contributed by atoms with van der Waals surface area (Å²) < 4.78 is 18.1. The van der Waals surface area contributed by atoms with Gasteiger partial charge in [-0.05, 0) is 64.3 Å². The molecule has 1 N–H and O–H groups in total. The molecule has 0 aliphatic carbocycles. The molecule has 0 saturated heterocycles. The normalized spacial score (nSPS) is 13.6. The Morgan fingerprint density at radius 3 is 2.47 bits per heavy atom. The number of nitrogens with one attached hydrogen (secondary N) is 1. The van der Waals surface area contributed by atoms with Crippen molar-refractivity contribution in [1.29, 1.82) is 0 Å². The van der Waals surface area contributed by atoms with Gasteiger partial charge in [0.1, 0.15) is 16.0 Å². The third-order valence-corrected chi connectivity index (χ3v) is 7.29. The van der Waals surface area contributed by atoms with Gasteiger partial charge in [-0.3, -0.25) is 14.5 Å². The number of aryl methyl sites for hydroxylation is 1. The van der Waals surface area contributed by atoms with E-state index < -0.39 is 17.6 Å². The van der Waals surface area contributed by atoms with Crippen LogP contribution in [0.3, 0.4) is 0 Å². The second-order valence-electron chi connectivity index (χ2n) is 8.45. The topological polar surface area (TPSA) is 67.2 Å². The Balaban J connectivity index is 1.57. The van der Waals surface area contributed by atoms with Crippen LogP contribution in [-0.2, 0) is 11.3 Å². The van der Waals surface area contributed by atoms with Crippen molar-refractivity contribution in [3.8, 4) is 5.69 Å². The highest BCUT2D eigenvalue weighted by Gasteiger charge is 2.42. The highest BCUT2D eigenvalue weighted by atomic mass is 79.9. The fourth-order valence-corrected chi connectivity index (χ4v) is 5.67. The quantitative estimate of drug-likeness (QED) is 0.221. The molecule has 2 heterocycles. The van der Waals surface area contributed by atoms with E-state index in [-0.39, 0.29) is 23.0 Å². The van der Waals surface area contributed by atoms with Gasteiger partial charge in [-0.25, -0.2) is 4.68 Å². The van der Waals surface area contributed by atoms with Crippen molar-refractivity contribution in [3.63, 3.8) is 0 Å². The van der Waals surface area contributed by atoms with Gasteiger partial charge >= 0.3 is 0 Å². The second kappa shape index (κ2) is 10.6. The van der Waals surface area contributed by atoms with Crippen molar-refractivity contribution < 1.29 is 14.0 Å². The van der Waals surface area contributed by atoms with Gasteiger partial charge in [-0.15, -0.1) is 0 Å². The largest absolute Gasteiger partial charge is 0.346 e. The van der Waals surface area contributed by atoms with Gasteiger partial charge in [0.2, 0.25) is 5.83 Å². The van der Waals surface area contributed by atoms with E-state index >= 15 is 4.39 Å². The number of carbonyl (C=O) groups excluding carboxylic acids is 2. The Hall–Kier alpha value is -2.98. The number of halogens is 5. The van der Waals surface area contributed by atoms with Gasteiger partial charge in [-0.1, -0.05) is 69.5 Å². The number of nitrogens with zero attached hydrogens (tertiary/aromatic N) is 3. The first-order chi connectivity index (χ1) is 18.2. The van der Waals surface area contributed by atoms with Gasteiger partial charge in [0.25, 0.3) is 11.8 Å². The van der Waals surface area contributed by atoms with Crippen LogP contribution in [0, 0.1) is 6.92 Å². The maximum atomic E-state index is 15.7. The summed E-state index contributed by atoms with van der Waals surface area (Å²) in [4.78, 5) is 28.0. The maximum Gasteiger partial charge on any atom is 0.282 e. The molecular formula is C27H17Br2Cl2FN4O2. The molecule has 38 heavy (non-hydrogen) atoms. The lowest BCUT2D eigenvalue weighted by Crippen LogP contribution is -2.41. The van der Waals surface area contributed by atoms with Crippen LogP contribution in [0.2, 0.25) is 10.0 Å². The van der Waals surface area contributed by atoms with E-state index in [1.54, 1.807) is 25.1 Å². The summed E-state index contributed by atoms with van der Waals surface area (Å²) in [6.07, 6.45) is 0. The summed E-state index contributed by atoms with van der Waals surface area (Å²) in [7, 11) is 0. The Kier molecular flexibility index (Phi) is 7.46. The van der Waals surface area contributed by atoms with Crippen LogP contribution in [0.25, 0.3) is 11.4 Å². The number of hydrogen-bond donors (Lipinski definition) is 1.